The van der Waals surface area contributed by atoms with Gasteiger partial charge in [-0.3, -0.25) is 9.59 Å². The Kier molecular flexibility index (Phi) is 7.83. The maximum Gasteiger partial charge on any atom is 0.251 e. The number of aromatic nitrogens is 3. The van der Waals surface area contributed by atoms with Gasteiger partial charge in [0.2, 0.25) is 5.91 Å². The molecule has 1 heterocycles. The fraction of sp³-hybridized carbons (Fsp3) is 0.304. The van der Waals surface area contributed by atoms with E-state index in [1.807, 2.05) is 73.9 Å². The van der Waals surface area contributed by atoms with Gasteiger partial charge in [-0.1, -0.05) is 59.8 Å². The topological polar surface area (TPSA) is 88.9 Å². The number of amides is 2. The highest BCUT2D eigenvalue weighted by Crippen LogP contribution is 2.18. The van der Waals surface area contributed by atoms with E-state index in [1.165, 1.54) is 11.8 Å². The van der Waals surface area contributed by atoms with E-state index >= 15 is 0 Å². The molecule has 0 spiro atoms. The number of nitrogens with one attached hydrogen (secondary N) is 2. The summed E-state index contributed by atoms with van der Waals surface area (Å²) in [4.78, 5) is 24.7. The minimum atomic E-state index is -0.155. The monoisotopic (exact) mass is 437 g/mol. The summed E-state index contributed by atoms with van der Waals surface area (Å²) in [6, 6.07) is 17.2. The van der Waals surface area contributed by atoms with Crippen LogP contribution in [0.15, 0.2) is 59.8 Å². The second-order valence-electron chi connectivity index (χ2n) is 7.18. The molecule has 1 atom stereocenters. The molecule has 0 bridgehead atoms. The van der Waals surface area contributed by atoms with Gasteiger partial charge in [0.25, 0.3) is 5.91 Å². The number of thioether (sulfide) groups is 1. The normalized spacial score (nSPS) is 11.7. The lowest BCUT2D eigenvalue weighted by Gasteiger charge is -2.14. The van der Waals surface area contributed by atoms with Gasteiger partial charge in [-0.15, -0.1) is 10.2 Å². The first-order valence-electron chi connectivity index (χ1n) is 10.2. The quantitative estimate of drug-likeness (QED) is 0.500. The Hall–Kier alpha value is -3.13. The van der Waals surface area contributed by atoms with Crippen LogP contribution in [0.4, 0.5) is 0 Å². The summed E-state index contributed by atoms with van der Waals surface area (Å²) < 4.78 is 1.91. The number of hydrogen-bond acceptors (Lipinski definition) is 5. The average Bonchev–Trinajstić information content (AvgIpc) is 3.18. The van der Waals surface area contributed by atoms with Gasteiger partial charge in [-0.05, 0) is 38.5 Å². The third kappa shape index (κ3) is 6.18. The largest absolute Gasteiger partial charge is 0.349 e. The zero-order valence-electron chi connectivity index (χ0n) is 18.0. The highest BCUT2D eigenvalue weighted by atomic mass is 32.2. The lowest BCUT2D eigenvalue weighted by atomic mass is 10.1. The van der Waals surface area contributed by atoms with Gasteiger partial charge < -0.3 is 15.2 Å². The molecule has 7 nitrogen and oxygen atoms in total. The van der Waals surface area contributed by atoms with Gasteiger partial charge in [0, 0.05) is 12.1 Å². The van der Waals surface area contributed by atoms with Crippen molar-refractivity contribution in [2.75, 3.05) is 5.75 Å². The van der Waals surface area contributed by atoms with Crippen molar-refractivity contribution >= 4 is 23.6 Å². The van der Waals surface area contributed by atoms with E-state index in [1.54, 1.807) is 6.07 Å². The van der Waals surface area contributed by atoms with Gasteiger partial charge in [0.1, 0.15) is 0 Å². The highest BCUT2D eigenvalue weighted by molar-refractivity contribution is 7.99. The van der Waals surface area contributed by atoms with Gasteiger partial charge >= 0.3 is 0 Å². The van der Waals surface area contributed by atoms with Crippen molar-refractivity contribution in [3.8, 4) is 0 Å². The lowest BCUT2D eigenvalue weighted by Crippen LogP contribution is -2.28. The maximum atomic E-state index is 12.4. The fourth-order valence-electron chi connectivity index (χ4n) is 3.16. The maximum absolute atomic E-state index is 12.4. The summed E-state index contributed by atoms with van der Waals surface area (Å²) in [5.41, 5.74) is 2.70. The number of rotatable bonds is 9. The number of carbonyl (C=O) groups excluding carboxylic acids is 2. The van der Waals surface area contributed by atoms with E-state index in [9.17, 15) is 9.59 Å². The van der Waals surface area contributed by atoms with Crippen molar-refractivity contribution in [1.82, 2.24) is 25.4 Å². The lowest BCUT2D eigenvalue weighted by molar-refractivity contribution is -0.119. The number of benzene rings is 2. The zero-order valence-corrected chi connectivity index (χ0v) is 18.8. The number of aryl methyl sites for hydroxylation is 1. The van der Waals surface area contributed by atoms with Crippen LogP contribution in [0.25, 0.3) is 0 Å². The molecule has 162 valence electrons. The first-order chi connectivity index (χ1) is 15.0. The van der Waals surface area contributed by atoms with Crippen LogP contribution < -0.4 is 10.6 Å². The van der Waals surface area contributed by atoms with Crippen LogP contribution in [-0.4, -0.2) is 32.3 Å². The van der Waals surface area contributed by atoms with Crippen LogP contribution in [0.3, 0.4) is 0 Å². The third-order valence-electron chi connectivity index (χ3n) is 4.81. The van der Waals surface area contributed by atoms with Crippen molar-refractivity contribution < 1.29 is 9.59 Å². The molecule has 0 saturated heterocycles. The molecule has 1 aromatic heterocycles. The molecule has 2 aromatic carbocycles. The van der Waals surface area contributed by atoms with Crippen molar-refractivity contribution in [3.63, 3.8) is 0 Å². The molecule has 0 aliphatic carbocycles. The average molecular weight is 438 g/mol. The molecular weight excluding hydrogens is 410 g/mol. The zero-order chi connectivity index (χ0) is 22.2. The molecule has 0 saturated carbocycles. The SMILES string of the molecule is CCn1c(CNC(=O)c2cccc(C)c2)nnc1SCC(=O)N[C@@H](C)c1ccccc1. The second kappa shape index (κ2) is 10.8. The molecule has 3 aromatic rings. The van der Waals surface area contributed by atoms with Crippen LogP contribution in [0.2, 0.25) is 0 Å². The van der Waals surface area contributed by atoms with Crippen molar-refractivity contribution in [1.29, 1.82) is 0 Å². The van der Waals surface area contributed by atoms with Crippen LogP contribution in [0.1, 0.15) is 47.2 Å². The van der Waals surface area contributed by atoms with E-state index in [2.05, 4.69) is 20.8 Å². The molecule has 3 rings (SSSR count). The Balaban J connectivity index is 1.54. The first-order valence-corrected chi connectivity index (χ1v) is 11.2. The summed E-state index contributed by atoms with van der Waals surface area (Å²) >= 11 is 1.33. The van der Waals surface area contributed by atoms with E-state index in [0.29, 0.717) is 23.1 Å². The van der Waals surface area contributed by atoms with Gasteiger partial charge in [0.05, 0.1) is 18.3 Å². The molecule has 0 fully saturated rings. The minimum absolute atomic E-state index is 0.0641. The molecule has 31 heavy (non-hydrogen) atoms. The van der Waals surface area contributed by atoms with Crippen LogP contribution >= 0.6 is 11.8 Å². The summed E-state index contributed by atoms with van der Waals surface area (Å²) in [5, 5.41) is 15.0. The molecular formula is C23H27N5O2S. The minimum Gasteiger partial charge on any atom is -0.349 e. The Morgan fingerprint density at radius 2 is 1.87 bits per heavy atom. The molecule has 8 heteroatoms. The molecule has 2 N–H and O–H groups in total. The summed E-state index contributed by atoms with van der Waals surface area (Å²) in [6.07, 6.45) is 0. The van der Waals surface area contributed by atoms with Crippen LogP contribution in [-0.2, 0) is 17.9 Å². The molecule has 2 amide bonds. The first kappa shape index (κ1) is 22.6. The fourth-order valence-corrected chi connectivity index (χ4v) is 3.99. The molecule has 0 radical (unpaired) electrons. The van der Waals surface area contributed by atoms with Crippen molar-refractivity contribution in [2.24, 2.45) is 0 Å². The molecule has 0 aliphatic heterocycles. The Labute approximate surface area is 186 Å². The van der Waals surface area contributed by atoms with E-state index in [4.69, 9.17) is 0 Å². The smallest absolute Gasteiger partial charge is 0.251 e. The van der Waals surface area contributed by atoms with Crippen LogP contribution in [0.5, 0.6) is 0 Å². The Bertz CT molecular complexity index is 1040. The number of nitrogens with zero attached hydrogens (tertiary/aromatic N) is 3. The summed E-state index contributed by atoms with van der Waals surface area (Å²) in [6.45, 7) is 6.81. The second-order valence-corrected chi connectivity index (χ2v) is 8.13. The number of hydrogen-bond donors (Lipinski definition) is 2. The van der Waals surface area contributed by atoms with E-state index in [0.717, 1.165) is 11.1 Å². The van der Waals surface area contributed by atoms with Gasteiger partial charge in [-0.2, -0.15) is 0 Å². The van der Waals surface area contributed by atoms with E-state index < -0.39 is 0 Å². The van der Waals surface area contributed by atoms with Crippen LogP contribution in [0, 0.1) is 6.92 Å². The van der Waals surface area contributed by atoms with Gasteiger partial charge in [-0.25, -0.2) is 0 Å². The predicted molar refractivity (Wildman–Crippen MR) is 122 cm³/mol. The van der Waals surface area contributed by atoms with Crippen molar-refractivity contribution in [3.05, 3.63) is 77.1 Å². The summed E-state index contributed by atoms with van der Waals surface area (Å²) in [5.74, 6) is 0.675. The predicted octanol–water partition coefficient (Wildman–Crippen LogP) is 3.51. The van der Waals surface area contributed by atoms with Gasteiger partial charge in [0.15, 0.2) is 11.0 Å². The Morgan fingerprint density at radius 3 is 2.58 bits per heavy atom. The Morgan fingerprint density at radius 1 is 1.10 bits per heavy atom. The molecule has 0 aliphatic rings. The number of carbonyl (C=O) groups is 2. The summed E-state index contributed by atoms with van der Waals surface area (Å²) in [7, 11) is 0. The molecule has 0 unspecified atom stereocenters. The third-order valence-corrected chi connectivity index (χ3v) is 5.77. The highest BCUT2D eigenvalue weighted by Gasteiger charge is 2.15. The van der Waals surface area contributed by atoms with E-state index in [-0.39, 0.29) is 30.2 Å². The standard InChI is InChI=1S/C23H27N5O2S/c1-4-28-20(14-24-22(30)19-12-8-9-16(2)13-19)26-27-23(28)31-15-21(29)25-17(3)18-10-6-5-7-11-18/h5-13,17H,4,14-15H2,1-3H3,(H,24,30)(H,25,29)/t17-/m0/s1. The van der Waals surface area contributed by atoms with Crippen molar-refractivity contribution in [2.45, 2.75) is 45.1 Å².